The fourth-order valence-corrected chi connectivity index (χ4v) is 2.03. The first kappa shape index (κ1) is 13.0. The molecular weight excluding hydrogens is 186 g/mol. The minimum absolute atomic E-state index is 0.500. The van der Waals surface area contributed by atoms with E-state index in [2.05, 4.69) is 32.6 Å². The van der Waals surface area contributed by atoms with Crippen LogP contribution in [0.3, 0.4) is 0 Å². The van der Waals surface area contributed by atoms with Crippen molar-refractivity contribution in [3.05, 3.63) is 0 Å². The van der Waals surface area contributed by atoms with Gasteiger partial charge in [0, 0.05) is 19.2 Å². The molecule has 90 valence electrons. The van der Waals surface area contributed by atoms with Gasteiger partial charge in [0.25, 0.3) is 0 Å². The van der Waals surface area contributed by atoms with E-state index in [1.54, 1.807) is 0 Å². The van der Waals surface area contributed by atoms with Crippen LogP contribution in [-0.4, -0.2) is 36.7 Å². The van der Waals surface area contributed by atoms with Gasteiger partial charge >= 0.3 is 0 Å². The molecule has 0 spiro atoms. The summed E-state index contributed by atoms with van der Waals surface area (Å²) in [7, 11) is 0. The minimum atomic E-state index is 0.500. The van der Waals surface area contributed by atoms with Crippen molar-refractivity contribution in [3.63, 3.8) is 0 Å². The van der Waals surface area contributed by atoms with Crippen molar-refractivity contribution in [2.45, 2.75) is 59.1 Å². The Bertz CT molecular complexity index is 162. The van der Waals surface area contributed by atoms with E-state index in [1.165, 1.54) is 25.8 Å². The lowest BCUT2D eigenvalue weighted by atomic mass is 10.1. The highest BCUT2D eigenvalue weighted by molar-refractivity contribution is 4.73. The van der Waals surface area contributed by atoms with Crippen molar-refractivity contribution in [1.29, 1.82) is 0 Å². The van der Waals surface area contributed by atoms with Crippen molar-refractivity contribution in [3.8, 4) is 0 Å². The number of nitrogens with zero attached hydrogens (tertiary/aromatic N) is 1. The normalized spacial score (nSPS) is 22.2. The average Bonchev–Trinajstić information content (AvgIpc) is 2.63. The fraction of sp³-hybridized carbons (Fsp3) is 1.00. The summed E-state index contributed by atoms with van der Waals surface area (Å²) in [5, 5.41) is 0. The van der Waals surface area contributed by atoms with Crippen molar-refractivity contribution >= 4 is 0 Å². The molecular formula is C13H27NO. The lowest BCUT2D eigenvalue weighted by Gasteiger charge is -2.29. The summed E-state index contributed by atoms with van der Waals surface area (Å²) in [5.74, 6) is 0.802. The molecule has 1 saturated heterocycles. The molecule has 1 unspecified atom stereocenters. The van der Waals surface area contributed by atoms with E-state index >= 15 is 0 Å². The van der Waals surface area contributed by atoms with Gasteiger partial charge < -0.3 is 4.74 Å². The zero-order valence-corrected chi connectivity index (χ0v) is 10.8. The Morgan fingerprint density at radius 1 is 1.27 bits per heavy atom. The molecule has 0 bridgehead atoms. The van der Waals surface area contributed by atoms with Gasteiger partial charge in [0.1, 0.15) is 0 Å². The number of ether oxygens (including phenoxy) is 1. The summed E-state index contributed by atoms with van der Waals surface area (Å²) in [6.07, 6.45) is 4.30. The van der Waals surface area contributed by atoms with Gasteiger partial charge in [-0.05, 0) is 45.6 Å². The summed E-state index contributed by atoms with van der Waals surface area (Å²) in [6, 6.07) is 0.646. The Morgan fingerprint density at radius 2 is 2.00 bits per heavy atom. The summed E-state index contributed by atoms with van der Waals surface area (Å²) in [5.41, 5.74) is 0. The Labute approximate surface area is 95.0 Å². The van der Waals surface area contributed by atoms with Crippen molar-refractivity contribution in [2.24, 2.45) is 5.92 Å². The summed E-state index contributed by atoms with van der Waals surface area (Å²) < 4.78 is 5.70. The third-order valence-electron chi connectivity index (χ3n) is 3.19. The van der Waals surface area contributed by atoms with E-state index in [1.807, 2.05) is 0 Å². The maximum atomic E-state index is 5.70. The molecule has 1 atom stereocenters. The van der Waals surface area contributed by atoms with Crippen LogP contribution in [0.1, 0.15) is 47.0 Å². The molecule has 2 heteroatoms. The maximum absolute atomic E-state index is 5.70. The molecule has 15 heavy (non-hydrogen) atoms. The Balaban J connectivity index is 2.29. The van der Waals surface area contributed by atoms with E-state index in [0.29, 0.717) is 12.1 Å². The molecule has 0 amide bonds. The van der Waals surface area contributed by atoms with Gasteiger partial charge in [-0.25, -0.2) is 0 Å². The van der Waals surface area contributed by atoms with Crippen molar-refractivity contribution < 1.29 is 4.74 Å². The van der Waals surface area contributed by atoms with Crippen LogP contribution in [0.2, 0.25) is 0 Å². The smallest absolute Gasteiger partial charge is 0.0702 e. The van der Waals surface area contributed by atoms with Gasteiger partial charge in [-0.15, -0.1) is 0 Å². The lowest BCUT2D eigenvalue weighted by Crippen LogP contribution is -2.38. The van der Waals surface area contributed by atoms with Crippen LogP contribution < -0.4 is 0 Å². The molecule has 1 rings (SSSR count). The predicted molar refractivity (Wildman–Crippen MR) is 65.1 cm³/mol. The molecule has 0 aliphatic carbocycles. The van der Waals surface area contributed by atoms with Gasteiger partial charge in [0.15, 0.2) is 0 Å². The molecule has 0 radical (unpaired) electrons. The molecule has 1 fully saturated rings. The van der Waals surface area contributed by atoms with Crippen LogP contribution in [0.15, 0.2) is 0 Å². The summed E-state index contributed by atoms with van der Waals surface area (Å²) in [6.45, 7) is 12.5. The highest BCUT2D eigenvalue weighted by atomic mass is 16.5. The van der Waals surface area contributed by atoms with E-state index in [0.717, 1.165) is 19.1 Å². The van der Waals surface area contributed by atoms with E-state index in [-0.39, 0.29) is 0 Å². The topological polar surface area (TPSA) is 12.5 Å². The molecule has 1 aliphatic heterocycles. The molecule has 0 aromatic heterocycles. The van der Waals surface area contributed by atoms with Gasteiger partial charge in [-0.1, -0.05) is 13.8 Å². The van der Waals surface area contributed by atoms with Crippen molar-refractivity contribution in [2.75, 3.05) is 19.7 Å². The Hall–Kier alpha value is -0.0800. The zero-order valence-electron chi connectivity index (χ0n) is 10.8. The SMILES string of the molecule is CC(C)CCN(CC1CCCO1)C(C)C. The monoisotopic (exact) mass is 213 g/mol. The van der Waals surface area contributed by atoms with Gasteiger partial charge in [0.05, 0.1) is 6.10 Å². The largest absolute Gasteiger partial charge is 0.377 e. The molecule has 0 aromatic rings. The van der Waals surface area contributed by atoms with Crippen LogP contribution in [-0.2, 0) is 4.74 Å². The average molecular weight is 213 g/mol. The zero-order chi connectivity index (χ0) is 11.3. The first-order valence-electron chi connectivity index (χ1n) is 6.45. The molecule has 1 aliphatic rings. The third-order valence-corrected chi connectivity index (χ3v) is 3.19. The van der Waals surface area contributed by atoms with E-state index in [9.17, 15) is 0 Å². The van der Waals surface area contributed by atoms with Gasteiger partial charge in [0.2, 0.25) is 0 Å². The summed E-state index contributed by atoms with van der Waals surface area (Å²) >= 11 is 0. The van der Waals surface area contributed by atoms with Crippen molar-refractivity contribution in [1.82, 2.24) is 4.90 Å². The van der Waals surface area contributed by atoms with Crippen LogP contribution >= 0.6 is 0 Å². The maximum Gasteiger partial charge on any atom is 0.0702 e. The highest BCUT2D eigenvalue weighted by Gasteiger charge is 2.20. The third kappa shape index (κ3) is 4.98. The second kappa shape index (κ2) is 6.49. The van der Waals surface area contributed by atoms with Gasteiger partial charge in [-0.3, -0.25) is 4.90 Å². The second-order valence-corrected chi connectivity index (χ2v) is 5.41. The minimum Gasteiger partial charge on any atom is -0.377 e. The Morgan fingerprint density at radius 3 is 2.47 bits per heavy atom. The van der Waals surface area contributed by atoms with E-state index < -0.39 is 0 Å². The molecule has 0 saturated carbocycles. The molecule has 2 nitrogen and oxygen atoms in total. The molecule has 0 N–H and O–H groups in total. The predicted octanol–water partition coefficient (Wildman–Crippen LogP) is 2.92. The van der Waals surface area contributed by atoms with Crippen LogP contribution in [0.5, 0.6) is 0 Å². The molecule has 1 heterocycles. The number of rotatable bonds is 6. The lowest BCUT2D eigenvalue weighted by molar-refractivity contribution is 0.0606. The fourth-order valence-electron chi connectivity index (χ4n) is 2.03. The van der Waals surface area contributed by atoms with Crippen LogP contribution in [0.25, 0.3) is 0 Å². The Kier molecular flexibility index (Phi) is 5.62. The quantitative estimate of drug-likeness (QED) is 0.672. The first-order valence-corrected chi connectivity index (χ1v) is 6.45. The summed E-state index contributed by atoms with van der Waals surface area (Å²) in [4.78, 5) is 2.57. The van der Waals surface area contributed by atoms with E-state index in [4.69, 9.17) is 4.74 Å². The van der Waals surface area contributed by atoms with Crippen LogP contribution in [0.4, 0.5) is 0 Å². The highest BCUT2D eigenvalue weighted by Crippen LogP contribution is 2.15. The van der Waals surface area contributed by atoms with Crippen LogP contribution in [0, 0.1) is 5.92 Å². The molecule has 0 aromatic carbocycles. The standard InChI is InChI=1S/C13H27NO/c1-11(2)7-8-14(12(3)4)10-13-6-5-9-15-13/h11-13H,5-10H2,1-4H3. The first-order chi connectivity index (χ1) is 7.09. The number of hydrogen-bond acceptors (Lipinski definition) is 2. The van der Waals surface area contributed by atoms with Gasteiger partial charge in [-0.2, -0.15) is 0 Å². The second-order valence-electron chi connectivity index (χ2n) is 5.41. The number of hydrogen-bond donors (Lipinski definition) is 0.